The topological polar surface area (TPSA) is 63.2 Å². The van der Waals surface area contributed by atoms with Gasteiger partial charge in [0.25, 0.3) is 0 Å². The molecule has 1 atom stereocenters. The number of hydrogen-bond donors (Lipinski definition) is 0. The van der Waals surface area contributed by atoms with Gasteiger partial charge in [-0.15, -0.1) is 0 Å². The van der Waals surface area contributed by atoms with Crippen molar-refractivity contribution in [3.05, 3.63) is 29.7 Å². The molecule has 5 heteroatoms. The van der Waals surface area contributed by atoms with E-state index in [2.05, 4.69) is 16.2 Å². The van der Waals surface area contributed by atoms with Gasteiger partial charge in [0.05, 0.1) is 0 Å². The van der Waals surface area contributed by atoms with Crippen LogP contribution in [0.5, 0.6) is 0 Å². The molecule has 2 aromatic heterocycles. The molecular weight excluding hydrogens is 204 g/mol. The molecule has 1 aliphatic heterocycles. The van der Waals surface area contributed by atoms with Gasteiger partial charge in [-0.05, 0) is 18.9 Å². The maximum Gasteiger partial charge on any atom is 0.173 e. The molecule has 0 N–H and O–H groups in total. The zero-order valence-corrected chi connectivity index (χ0v) is 8.63. The fourth-order valence-corrected chi connectivity index (χ4v) is 2.03. The first-order valence-electron chi connectivity index (χ1n) is 5.25. The Bertz CT molecular complexity index is 563. The fraction of sp³-hybridized carbons (Fsp3) is 0.364. The van der Waals surface area contributed by atoms with Crippen LogP contribution in [-0.2, 0) is 4.74 Å². The zero-order chi connectivity index (χ0) is 11.0. The number of rotatable bonds is 1. The minimum Gasteiger partial charge on any atom is -0.372 e. The lowest BCUT2D eigenvalue weighted by Gasteiger charge is -2.04. The molecule has 0 saturated carbocycles. The van der Waals surface area contributed by atoms with Crippen molar-refractivity contribution in [2.24, 2.45) is 0 Å². The number of nitrogens with zero attached hydrogens (tertiary/aromatic N) is 4. The van der Waals surface area contributed by atoms with Crippen LogP contribution >= 0.6 is 0 Å². The first-order chi connectivity index (χ1) is 7.90. The summed E-state index contributed by atoms with van der Waals surface area (Å²) in [7, 11) is 0. The van der Waals surface area contributed by atoms with Crippen LogP contribution in [0.4, 0.5) is 0 Å². The molecule has 1 saturated heterocycles. The summed E-state index contributed by atoms with van der Waals surface area (Å²) in [6, 6.07) is 3.96. The average molecular weight is 214 g/mol. The average Bonchev–Trinajstić information content (AvgIpc) is 2.95. The van der Waals surface area contributed by atoms with Gasteiger partial charge < -0.3 is 4.74 Å². The van der Waals surface area contributed by atoms with Crippen molar-refractivity contribution >= 4 is 5.65 Å². The number of ether oxygens (including phenoxy) is 1. The van der Waals surface area contributed by atoms with Crippen LogP contribution < -0.4 is 0 Å². The molecule has 3 rings (SSSR count). The lowest BCUT2D eigenvalue weighted by atomic mass is 10.1. The minimum absolute atomic E-state index is 0.0450. The first-order valence-corrected chi connectivity index (χ1v) is 5.25. The van der Waals surface area contributed by atoms with Crippen LogP contribution in [-0.4, -0.2) is 21.2 Å². The molecule has 80 valence electrons. The van der Waals surface area contributed by atoms with Crippen molar-refractivity contribution in [2.75, 3.05) is 6.61 Å². The molecule has 5 nitrogen and oxygen atoms in total. The van der Waals surface area contributed by atoms with Gasteiger partial charge in [0.15, 0.2) is 5.65 Å². The largest absolute Gasteiger partial charge is 0.372 e. The van der Waals surface area contributed by atoms with Crippen molar-refractivity contribution in [3.8, 4) is 6.07 Å². The van der Waals surface area contributed by atoms with E-state index in [4.69, 9.17) is 10.00 Å². The zero-order valence-electron chi connectivity index (χ0n) is 8.63. The summed E-state index contributed by atoms with van der Waals surface area (Å²) in [5.74, 6) is 0. The summed E-state index contributed by atoms with van der Waals surface area (Å²) >= 11 is 0. The lowest BCUT2D eigenvalue weighted by Crippen LogP contribution is -1.99. The van der Waals surface area contributed by atoms with E-state index < -0.39 is 0 Å². The molecule has 0 radical (unpaired) electrons. The summed E-state index contributed by atoms with van der Waals surface area (Å²) in [4.78, 5) is 4.17. The molecule has 0 aromatic carbocycles. The third-order valence-electron chi connectivity index (χ3n) is 2.77. The third-order valence-corrected chi connectivity index (χ3v) is 2.77. The number of fused-ring (bicyclic) bond motifs is 1. The van der Waals surface area contributed by atoms with E-state index in [1.807, 2.05) is 0 Å². The number of nitriles is 1. The highest BCUT2D eigenvalue weighted by atomic mass is 16.5. The van der Waals surface area contributed by atoms with Crippen LogP contribution in [0.25, 0.3) is 5.65 Å². The van der Waals surface area contributed by atoms with E-state index in [9.17, 15) is 0 Å². The summed E-state index contributed by atoms with van der Waals surface area (Å²) in [6.45, 7) is 0.747. The van der Waals surface area contributed by atoms with Crippen molar-refractivity contribution in [1.29, 1.82) is 5.26 Å². The second kappa shape index (κ2) is 3.58. The van der Waals surface area contributed by atoms with Gasteiger partial charge in [-0.3, -0.25) is 0 Å². The normalized spacial score (nSPS) is 20.1. The first kappa shape index (κ1) is 9.31. The summed E-state index contributed by atoms with van der Waals surface area (Å²) in [6.07, 6.45) is 5.37. The standard InChI is InChI=1S/C11H10N4O/c12-7-8-10(9-3-1-6-16-9)14-15-5-2-4-13-11(8)15/h2,4-5,9H,1,3,6H2. The molecule has 0 spiro atoms. The van der Waals surface area contributed by atoms with Crippen LogP contribution in [0.3, 0.4) is 0 Å². The van der Waals surface area contributed by atoms with E-state index in [0.717, 1.165) is 25.1 Å². The van der Waals surface area contributed by atoms with Gasteiger partial charge in [0, 0.05) is 19.0 Å². The molecule has 0 aliphatic carbocycles. The van der Waals surface area contributed by atoms with E-state index in [1.54, 1.807) is 23.0 Å². The smallest absolute Gasteiger partial charge is 0.173 e. The van der Waals surface area contributed by atoms with Crippen LogP contribution in [0.2, 0.25) is 0 Å². The summed E-state index contributed by atoms with van der Waals surface area (Å²) < 4.78 is 7.19. The van der Waals surface area contributed by atoms with Gasteiger partial charge >= 0.3 is 0 Å². The maximum atomic E-state index is 9.17. The molecule has 2 aromatic rings. The number of aromatic nitrogens is 3. The Morgan fingerprint density at radius 1 is 1.56 bits per heavy atom. The van der Waals surface area contributed by atoms with Gasteiger partial charge in [-0.2, -0.15) is 10.4 Å². The third kappa shape index (κ3) is 1.27. The van der Waals surface area contributed by atoms with Gasteiger partial charge in [0.1, 0.15) is 23.4 Å². The van der Waals surface area contributed by atoms with E-state index in [0.29, 0.717) is 11.2 Å². The molecule has 0 bridgehead atoms. The molecular formula is C11H10N4O. The van der Waals surface area contributed by atoms with Crippen molar-refractivity contribution < 1.29 is 4.74 Å². The van der Waals surface area contributed by atoms with E-state index in [1.165, 1.54) is 0 Å². The van der Waals surface area contributed by atoms with Crippen molar-refractivity contribution in [3.63, 3.8) is 0 Å². The van der Waals surface area contributed by atoms with Crippen molar-refractivity contribution in [1.82, 2.24) is 14.6 Å². The highest BCUT2D eigenvalue weighted by molar-refractivity contribution is 5.57. The molecule has 1 fully saturated rings. The summed E-state index contributed by atoms with van der Waals surface area (Å²) in [5, 5.41) is 13.5. The molecule has 1 unspecified atom stereocenters. The van der Waals surface area contributed by atoms with Gasteiger partial charge in [-0.25, -0.2) is 9.50 Å². The minimum atomic E-state index is -0.0450. The van der Waals surface area contributed by atoms with E-state index >= 15 is 0 Å². The Morgan fingerprint density at radius 3 is 3.25 bits per heavy atom. The highest BCUT2D eigenvalue weighted by Crippen LogP contribution is 2.30. The monoisotopic (exact) mass is 214 g/mol. The second-order valence-electron chi connectivity index (χ2n) is 3.76. The highest BCUT2D eigenvalue weighted by Gasteiger charge is 2.25. The Balaban J connectivity index is 2.20. The van der Waals surface area contributed by atoms with Crippen molar-refractivity contribution in [2.45, 2.75) is 18.9 Å². The molecule has 16 heavy (non-hydrogen) atoms. The Kier molecular flexibility index (Phi) is 2.08. The van der Waals surface area contributed by atoms with Gasteiger partial charge in [-0.1, -0.05) is 0 Å². The predicted molar refractivity (Wildman–Crippen MR) is 55.6 cm³/mol. The molecule has 1 aliphatic rings. The lowest BCUT2D eigenvalue weighted by molar-refractivity contribution is 0.108. The predicted octanol–water partition coefficient (Wildman–Crippen LogP) is 1.45. The Morgan fingerprint density at radius 2 is 2.50 bits per heavy atom. The van der Waals surface area contributed by atoms with Crippen LogP contribution in [0, 0.1) is 11.3 Å². The second-order valence-corrected chi connectivity index (χ2v) is 3.76. The summed E-state index contributed by atoms with van der Waals surface area (Å²) in [5.41, 5.74) is 1.86. The Labute approximate surface area is 92.3 Å². The quantitative estimate of drug-likeness (QED) is 0.720. The SMILES string of the molecule is N#Cc1c(C2CCCO2)nn2cccnc12. The molecule has 0 amide bonds. The molecule has 3 heterocycles. The maximum absolute atomic E-state index is 9.17. The van der Waals surface area contributed by atoms with Gasteiger partial charge in [0.2, 0.25) is 0 Å². The number of hydrogen-bond acceptors (Lipinski definition) is 4. The van der Waals surface area contributed by atoms with Crippen LogP contribution in [0.1, 0.15) is 30.2 Å². The van der Waals surface area contributed by atoms with Crippen LogP contribution in [0.15, 0.2) is 18.5 Å². The Hall–Kier alpha value is -1.93. The fourth-order valence-electron chi connectivity index (χ4n) is 2.03. The van der Waals surface area contributed by atoms with E-state index in [-0.39, 0.29) is 6.10 Å².